The Kier molecular flexibility index (Phi) is 10.8. The molecule has 4 atom stereocenters. The SMILES string of the molecule is C[C@H](NC(=O)[C@@](C)(O)c1ccccc1)C(=O)Nc1ccc(-c2cnc(-c3ccc(NC(=O)[C@H](C)NC(=O)[C@@](C)(O)c4ccccc4)cc3)o2)cc1. The van der Waals surface area contributed by atoms with Crippen molar-refractivity contribution in [3.8, 4) is 22.8 Å². The van der Waals surface area contributed by atoms with E-state index in [1.807, 2.05) is 0 Å². The first-order valence-electron chi connectivity index (χ1n) is 16.2. The molecule has 5 aromatic rings. The summed E-state index contributed by atoms with van der Waals surface area (Å²) >= 11 is 0. The average Bonchev–Trinajstić information content (AvgIpc) is 3.63. The number of benzene rings is 4. The normalized spacial score (nSPS) is 14.5. The minimum Gasteiger partial charge on any atom is -0.436 e. The molecule has 0 unspecified atom stereocenters. The summed E-state index contributed by atoms with van der Waals surface area (Å²) in [4.78, 5) is 55.4. The van der Waals surface area contributed by atoms with Gasteiger partial charge >= 0.3 is 0 Å². The number of oxazole rings is 1. The van der Waals surface area contributed by atoms with Crippen LogP contribution in [0, 0.1) is 0 Å². The van der Waals surface area contributed by atoms with E-state index in [2.05, 4.69) is 26.3 Å². The predicted molar refractivity (Wildman–Crippen MR) is 192 cm³/mol. The quantitative estimate of drug-likeness (QED) is 0.109. The van der Waals surface area contributed by atoms with E-state index in [-0.39, 0.29) is 0 Å². The third-order valence-electron chi connectivity index (χ3n) is 8.38. The largest absolute Gasteiger partial charge is 0.436 e. The van der Waals surface area contributed by atoms with Gasteiger partial charge in [-0.1, -0.05) is 60.7 Å². The summed E-state index contributed by atoms with van der Waals surface area (Å²) in [5, 5.41) is 32.1. The van der Waals surface area contributed by atoms with Gasteiger partial charge in [0.1, 0.15) is 12.1 Å². The van der Waals surface area contributed by atoms with Gasteiger partial charge in [-0.3, -0.25) is 19.2 Å². The van der Waals surface area contributed by atoms with Crippen molar-refractivity contribution in [2.75, 3.05) is 10.6 Å². The van der Waals surface area contributed by atoms with Crippen LogP contribution in [0.1, 0.15) is 38.8 Å². The second kappa shape index (κ2) is 15.2. The second-order valence-corrected chi connectivity index (χ2v) is 12.4. The van der Waals surface area contributed by atoms with E-state index in [0.717, 1.165) is 0 Å². The van der Waals surface area contributed by atoms with Crippen LogP contribution in [0.25, 0.3) is 22.8 Å². The second-order valence-electron chi connectivity index (χ2n) is 12.4. The zero-order valence-corrected chi connectivity index (χ0v) is 28.5. The van der Waals surface area contributed by atoms with Crippen molar-refractivity contribution in [3.63, 3.8) is 0 Å². The molecule has 4 amide bonds. The molecule has 0 aliphatic heterocycles. The minimum absolute atomic E-state index is 0.347. The topological polar surface area (TPSA) is 183 Å². The van der Waals surface area contributed by atoms with Crippen LogP contribution in [0.2, 0.25) is 0 Å². The zero-order valence-electron chi connectivity index (χ0n) is 28.5. The summed E-state index contributed by atoms with van der Waals surface area (Å²) in [7, 11) is 0. The maximum absolute atomic E-state index is 12.8. The van der Waals surface area contributed by atoms with Gasteiger partial charge in [-0.15, -0.1) is 0 Å². The molecule has 4 aromatic carbocycles. The first-order valence-corrected chi connectivity index (χ1v) is 16.2. The number of carbonyl (C=O) groups is 4. The Hall–Kier alpha value is -6.11. The van der Waals surface area contributed by atoms with Crippen LogP contribution in [0.5, 0.6) is 0 Å². The first kappa shape index (κ1) is 36.2. The van der Waals surface area contributed by atoms with Gasteiger partial charge in [0.25, 0.3) is 11.8 Å². The monoisotopic (exact) mass is 689 g/mol. The van der Waals surface area contributed by atoms with Crippen LogP contribution >= 0.6 is 0 Å². The number of carbonyl (C=O) groups excluding carboxylic acids is 4. The van der Waals surface area contributed by atoms with Crippen LogP contribution in [-0.2, 0) is 30.4 Å². The maximum atomic E-state index is 12.8. The van der Waals surface area contributed by atoms with Gasteiger partial charge in [0.05, 0.1) is 6.20 Å². The number of amides is 4. The fourth-order valence-corrected chi connectivity index (χ4v) is 5.05. The van der Waals surface area contributed by atoms with Gasteiger partial charge < -0.3 is 35.9 Å². The number of aliphatic hydroxyl groups is 2. The lowest BCUT2D eigenvalue weighted by atomic mass is 9.95. The molecule has 0 aliphatic carbocycles. The number of aromatic nitrogens is 1. The highest BCUT2D eigenvalue weighted by molar-refractivity contribution is 5.99. The van der Waals surface area contributed by atoms with E-state index in [4.69, 9.17) is 4.42 Å². The van der Waals surface area contributed by atoms with Crippen molar-refractivity contribution in [1.82, 2.24) is 15.6 Å². The van der Waals surface area contributed by atoms with Crippen molar-refractivity contribution in [2.45, 2.75) is 51.0 Å². The molecule has 12 nitrogen and oxygen atoms in total. The lowest BCUT2D eigenvalue weighted by Gasteiger charge is -2.25. The minimum atomic E-state index is -1.81. The number of hydrogen-bond acceptors (Lipinski definition) is 8. The van der Waals surface area contributed by atoms with Crippen molar-refractivity contribution in [2.24, 2.45) is 0 Å². The highest BCUT2D eigenvalue weighted by atomic mass is 16.4. The molecular formula is C39H39N5O7. The van der Waals surface area contributed by atoms with Gasteiger partial charge in [-0.2, -0.15) is 0 Å². The number of nitrogens with one attached hydrogen (secondary N) is 4. The molecule has 262 valence electrons. The number of hydrogen-bond donors (Lipinski definition) is 6. The fraction of sp³-hybridized carbons (Fsp3) is 0.205. The number of nitrogens with zero attached hydrogens (tertiary/aromatic N) is 1. The third kappa shape index (κ3) is 8.55. The Balaban J connectivity index is 1.13. The molecule has 0 aliphatic rings. The molecular weight excluding hydrogens is 650 g/mol. The lowest BCUT2D eigenvalue weighted by molar-refractivity contribution is -0.141. The van der Waals surface area contributed by atoms with Crippen molar-refractivity contribution >= 4 is 35.0 Å². The van der Waals surface area contributed by atoms with E-state index in [1.54, 1.807) is 115 Å². The molecule has 12 heteroatoms. The summed E-state index contributed by atoms with van der Waals surface area (Å²) in [5.74, 6) is -1.49. The van der Waals surface area contributed by atoms with E-state index < -0.39 is 46.9 Å². The standard InChI is InChI=1S/C39H39N5O7/c1-24(41-36(47)38(3,49)28-11-7-5-8-12-28)33(45)43-30-19-15-26(16-20-30)32-23-40-35(51-32)27-17-21-31(22-18-27)44-34(46)25(2)42-37(48)39(4,50)29-13-9-6-10-14-29/h5-25,49-50H,1-4H3,(H,41,47)(H,42,48)(H,43,45)(H,44,46)/t24-,25-,38-,39-/m0/s1. The van der Waals surface area contributed by atoms with Gasteiger partial charge in [0.15, 0.2) is 17.0 Å². The highest BCUT2D eigenvalue weighted by Gasteiger charge is 2.35. The van der Waals surface area contributed by atoms with Crippen molar-refractivity contribution in [1.29, 1.82) is 0 Å². The Bertz CT molecular complexity index is 1850. The maximum Gasteiger partial charge on any atom is 0.256 e. The molecule has 0 saturated heterocycles. The predicted octanol–water partition coefficient (Wildman–Crippen LogP) is 4.71. The zero-order chi connectivity index (χ0) is 36.8. The molecule has 0 bridgehead atoms. The van der Waals surface area contributed by atoms with E-state index in [1.165, 1.54) is 27.7 Å². The van der Waals surface area contributed by atoms with E-state index >= 15 is 0 Å². The Morgan fingerprint density at radius 2 is 1.00 bits per heavy atom. The summed E-state index contributed by atoms with van der Waals surface area (Å²) in [6.07, 6.45) is 1.57. The molecule has 1 heterocycles. The van der Waals surface area contributed by atoms with Gasteiger partial charge in [-0.25, -0.2) is 4.98 Å². The molecule has 0 spiro atoms. The molecule has 0 saturated carbocycles. The molecule has 6 N–H and O–H groups in total. The van der Waals surface area contributed by atoms with Gasteiger partial charge in [0.2, 0.25) is 17.7 Å². The number of rotatable bonds is 12. The lowest BCUT2D eigenvalue weighted by Crippen LogP contribution is -2.49. The number of anilines is 2. The fourth-order valence-electron chi connectivity index (χ4n) is 5.05. The molecule has 0 fully saturated rings. The van der Waals surface area contributed by atoms with Gasteiger partial charge in [-0.05, 0) is 87.4 Å². The van der Waals surface area contributed by atoms with Crippen LogP contribution in [0.3, 0.4) is 0 Å². The van der Waals surface area contributed by atoms with Gasteiger partial charge in [0, 0.05) is 22.5 Å². The van der Waals surface area contributed by atoms with Crippen LogP contribution in [-0.4, -0.2) is 50.9 Å². The summed E-state index contributed by atoms with van der Waals surface area (Å²) in [5.41, 5.74) is -0.454. The van der Waals surface area contributed by atoms with E-state index in [0.29, 0.717) is 45.3 Å². The smallest absolute Gasteiger partial charge is 0.256 e. The molecule has 1 aromatic heterocycles. The third-order valence-corrected chi connectivity index (χ3v) is 8.38. The summed E-state index contributed by atoms with van der Waals surface area (Å²) in [6.45, 7) is 5.80. The van der Waals surface area contributed by atoms with Crippen LogP contribution in [0.4, 0.5) is 11.4 Å². The van der Waals surface area contributed by atoms with E-state index in [9.17, 15) is 29.4 Å². The molecule has 0 radical (unpaired) electrons. The highest BCUT2D eigenvalue weighted by Crippen LogP contribution is 2.28. The van der Waals surface area contributed by atoms with Crippen LogP contribution in [0.15, 0.2) is 120 Å². The summed E-state index contributed by atoms with van der Waals surface area (Å²) in [6, 6.07) is 28.8. The van der Waals surface area contributed by atoms with Crippen LogP contribution < -0.4 is 21.3 Å². The first-order chi connectivity index (χ1) is 24.3. The average molecular weight is 690 g/mol. The Morgan fingerprint density at radius 3 is 1.41 bits per heavy atom. The van der Waals surface area contributed by atoms with Crippen molar-refractivity contribution < 1.29 is 33.8 Å². The Labute approximate surface area is 294 Å². The molecule has 51 heavy (non-hydrogen) atoms. The Morgan fingerprint density at radius 1 is 0.608 bits per heavy atom. The molecule has 5 rings (SSSR count). The summed E-state index contributed by atoms with van der Waals surface area (Å²) < 4.78 is 5.97. The van der Waals surface area contributed by atoms with Crippen molar-refractivity contribution in [3.05, 3.63) is 127 Å².